The van der Waals surface area contributed by atoms with E-state index < -0.39 is 4.92 Å². The fourth-order valence-electron chi connectivity index (χ4n) is 1.85. The van der Waals surface area contributed by atoms with Crippen LogP contribution in [0.4, 0.5) is 5.82 Å². The highest BCUT2D eigenvalue weighted by atomic mass is 35.5. The molecule has 6 nitrogen and oxygen atoms in total. The molecule has 1 heterocycles. The molecular formula is C10H17Cl3N4O2. The molecule has 110 valence electrons. The monoisotopic (exact) mass is 330 g/mol. The van der Waals surface area contributed by atoms with Crippen LogP contribution in [0.25, 0.3) is 0 Å². The van der Waals surface area contributed by atoms with Gasteiger partial charge in [0.15, 0.2) is 5.69 Å². The Morgan fingerprint density at radius 2 is 1.89 bits per heavy atom. The smallest absolute Gasteiger partial charge is 0.390 e. The maximum absolute atomic E-state index is 10.9. The first-order chi connectivity index (χ1) is 8.41. The normalized spacial score (nSPS) is 11.2. The number of imidazole rings is 1. The summed E-state index contributed by atoms with van der Waals surface area (Å²) >= 11 is 11.6. The molecule has 1 N–H and O–H groups in total. The molecule has 1 aromatic rings. The van der Waals surface area contributed by atoms with E-state index in [9.17, 15) is 10.1 Å². The van der Waals surface area contributed by atoms with Gasteiger partial charge in [-0.1, -0.05) is 0 Å². The second kappa shape index (κ2) is 7.89. The molecule has 1 aromatic heterocycles. The van der Waals surface area contributed by atoms with Gasteiger partial charge in [-0.2, -0.15) is 0 Å². The fraction of sp³-hybridized carbons (Fsp3) is 0.700. The Bertz CT molecular complexity index is 419. The quantitative estimate of drug-likeness (QED) is 0.303. The van der Waals surface area contributed by atoms with Crippen LogP contribution in [0.2, 0.25) is 0 Å². The largest absolute Gasteiger partial charge is 1.00 e. The molecular weight excluding hydrogens is 314 g/mol. The number of hydrogen-bond acceptors (Lipinski definition) is 3. The highest BCUT2D eigenvalue weighted by molar-refractivity contribution is 6.18. The third kappa shape index (κ3) is 5.14. The molecule has 0 aliphatic heterocycles. The molecule has 0 fully saturated rings. The van der Waals surface area contributed by atoms with Crippen molar-refractivity contribution in [2.24, 2.45) is 0 Å². The minimum atomic E-state index is -0.468. The first-order valence-electron chi connectivity index (χ1n) is 5.57. The van der Waals surface area contributed by atoms with Crippen LogP contribution in [0.3, 0.4) is 0 Å². The van der Waals surface area contributed by atoms with E-state index in [2.05, 4.69) is 9.97 Å². The molecule has 0 saturated heterocycles. The van der Waals surface area contributed by atoms with Crippen LogP contribution in [0.15, 0.2) is 0 Å². The Hall–Kier alpha value is -0.560. The van der Waals surface area contributed by atoms with Crippen LogP contribution in [0, 0.1) is 17.0 Å². The van der Waals surface area contributed by atoms with Gasteiger partial charge in [0, 0.05) is 6.92 Å². The molecule has 0 atom stereocenters. The first-order valence-corrected chi connectivity index (χ1v) is 6.64. The van der Waals surface area contributed by atoms with Crippen molar-refractivity contribution in [1.29, 1.82) is 0 Å². The van der Waals surface area contributed by atoms with E-state index >= 15 is 0 Å². The van der Waals surface area contributed by atoms with Crippen LogP contribution in [0.1, 0.15) is 11.5 Å². The average Bonchev–Trinajstić information content (AvgIpc) is 2.59. The van der Waals surface area contributed by atoms with E-state index in [0.717, 1.165) is 0 Å². The molecule has 0 radical (unpaired) electrons. The van der Waals surface area contributed by atoms with Crippen LogP contribution < -0.4 is 12.4 Å². The molecule has 0 spiro atoms. The number of hydrogen-bond donors (Lipinski definition) is 1. The van der Waals surface area contributed by atoms with E-state index in [-0.39, 0.29) is 18.2 Å². The first kappa shape index (κ1) is 18.4. The molecule has 1 rings (SSSR count). The molecule has 19 heavy (non-hydrogen) atoms. The number of aromatic amines is 1. The summed E-state index contributed by atoms with van der Waals surface area (Å²) in [5.41, 5.74) is 0.523. The summed E-state index contributed by atoms with van der Waals surface area (Å²) in [4.78, 5) is 17.3. The summed E-state index contributed by atoms with van der Waals surface area (Å²) in [5.74, 6) is 1.39. The third-order valence-electron chi connectivity index (χ3n) is 2.84. The fourth-order valence-corrected chi connectivity index (χ4v) is 2.67. The lowest BCUT2D eigenvalue weighted by Gasteiger charge is -2.32. The molecule has 0 aromatic carbocycles. The van der Waals surface area contributed by atoms with Crippen LogP contribution in [-0.2, 0) is 6.54 Å². The zero-order valence-electron chi connectivity index (χ0n) is 10.8. The van der Waals surface area contributed by atoms with Crippen molar-refractivity contribution < 1.29 is 21.8 Å². The number of H-pyrrole nitrogens is 1. The summed E-state index contributed by atoms with van der Waals surface area (Å²) in [6, 6.07) is 0. The molecule has 0 aliphatic rings. The molecule has 9 heteroatoms. The summed E-state index contributed by atoms with van der Waals surface area (Å²) in [5, 5.41) is 10.9. The Morgan fingerprint density at radius 1 is 1.37 bits per heavy atom. The molecule has 0 unspecified atom stereocenters. The number of nitrogens with one attached hydrogen (secondary N) is 1. The summed E-state index contributed by atoms with van der Waals surface area (Å²) in [6.07, 6.45) is 0. The Labute approximate surface area is 128 Å². The van der Waals surface area contributed by atoms with Crippen molar-refractivity contribution in [1.82, 2.24) is 9.97 Å². The molecule has 0 saturated carbocycles. The highest BCUT2D eigenvalue weighted by Crippen LogP contribution is 2.20. The van der Waals surface area contributed by atoms with Crippen molar-refractivity contribution in [2.45, 2.75) is 13.5 Å². The number of alkyl halides is 2. The van der Waals surface area contributed by atoms with Gasteiger partial charge >= 0.3 is 5.82 Å². The Kier molecular flexibility index (Phi) is 7.66. The average molecular weight is 332 g/mol. The number of nitro groups is 1. The number of rotatable bonds is 7. The van der Waals surface area contributed by atoms with Crippen LogP contribution in [0.5, 0.6) is 0 Å². The number of halogens is 3. The lowest BCUT2D eigenvalue weighted by Crippen LogP contribution is -3.00. The van der Waals surface area contributed by atoms with Crippen molar-refractivity contribution in [3.8, 4) is 0 Å². The number of quaternary nitrogens is 1. The molecule has 0 aliphatic carbocycles. The van der Waals surface area contributed by atoms with Gasteiger partial charge in [0.1, 0.15) is 6.54 Å². The van der Waals surface area contributed by atoms with Crippen molar-refractivity contribution in [2.75, 3.05) is 31.9 Å². The third-order valence-corrected chi connectivity index (χ3v) is 3.17. The summed E-state index contributed by atoms with van der Waals surface area (Å²) in [6.45, 7) is 3.56. The topological polar surface area (TPSA) is 71.8 Å². The van der Waals surface area contributed by atoms with E-state index in [1.165, 1.54) is 0 Å². The zero-order valence-corrected chi connectivity index (χ0v) is 13.1. The van der Waals surface area contributed by atoms with Gasteiger partial charge in [0.25, 0.3) is 0 Å². The van der Waals surface area contributed by atoms with Crippen molar-refractivity contribution in [3.63, 3.8) is 0 Å². The number of aryl methyl sites for hydroxylation is 1. The van der Waals surface area contributed by atoms with E-state index in [0.29, 0.717) is 47.4 Å². The van der Waals surface area contributed by atoms with E-state index in [1.54, 1.807) is 6.92 Å². The van der Waals surface area contributed by atoms with Crippen LogP contribution >= 0.6 is 23.2 Å². The number of nitrogens with zero attached hydrogens (tertiary/aromatic N) is 3. The lowest BCUT2D eigenvalue weighted by molar-refractivity contribution is -0.918. The standard InChI is InChI=1S/C10H17Cl2N4O2.ClH/c1-8-13-9(10(14-8)15(17)18)7-16(2,5-3-11)6-4-12;/h3-7H2,1-2H3,(H,13,14);1H/q+1;/p-1. The second-order valence-electron chi connectivity index (χ2n) is 4.48. The maximum atomic E-state index is 10.9. The van der Waals surface area contributed by atoms with Gasteiger partial charge in [0.05, 0.1) is 31.9 Å². The Balaban J connectivity index is 0.00000324. The predicted molar refractivity (Wildman–Crippen MR) is 71.0 cm³/mol. The van der Waals surface area contributed by atoms with E-state index in [1.807, 2.05) is 7.05 Å². The summed E-state index contributed by atoms with van der Waals surface area (Å²) in [7, 11) is 1.98. The Morgan fingerprint density at radius 3 is 2.32 bits per heavy atom. The maximum Gasteiger partial charge on any atom is 0.390 e. The summed E-state index contributed by atoms with van der Waals surface area (Å²) < 4.78 is 0.551. The van der Waals surface area contributed by atoms with Crippen molar-refractivity contribution >= 4 is 29.0 Å². The minimum Gasteiger partial charge on any atom is -1.00 e. The van der Waals surface area contributed by atoms with E-state index in [4.69, 9.17) is 23.2 Å². The lowest BCUT2D eigenvalue weighted by atomic mass is 10.3. The van der Waals surface area contributed by atoms with Gasteiger partial charge in [0.2, 0.25) is 5.82 Å². The zero-order chi connectivity index (χ0) is 13.8. The SMILES string of the molecule is Cc1nc([N+](=O)[O-])c(C[N+](C)(CCCl)CCCl)[nH]1.[Cl-]. The van der Waals surface area contributed by atoms with Crippen LogP contribution in [-0.4, -0.2) is 51.3 Å². The van der Waals surface area contributed by atoms with Gasteiger partial charge in [-0.05, 0) is 9.91 Å². The molecule has 0 bridgehead atoms. The second-order valence-corrected chi connectivity index (χ2v) is 5.24. The van der Waals surface area contributed by atoms with Gasteiger partial charge in [-0.25, -0.2) is 0 Å². The molecule has 0 amide bonds. The highest BCUT2D eigenvalue weighted by Gasteiger charge is 2.29. The predicted octanol–water partition coefficient (Wildman–Crippen LogP) is -0.945. The number of aromatic nitrogens is 2. The van der Waals surface area contributed by atoms with Crippen molar-refractivity contribution in [3.05, 3.63) is 21.6 Å². The van der Waals surface area contributed by atoms with Gasteiger partial charge in [-0.15, -0.1) is 23.2 Å². The van der Waals surface area contributed by atoms with Gasteiger partial charge in [-0.3, -0.25) is 0 Å². The minimum absolute atomic E-state index is 0. The van der Waals surface area contributed by atoms with Gasteiger partial charge < -0.3 is 32.0 Å².